The molecule has 0 radical (unpaired) electrons. The highest BCUT2D eigenvalue weighted by atomic mass is 16.5. The normalized spacial score (nSPS) is 11.0. The lowest BCUT2D eigenvalue weighted by Crippen LogP contribution is -2.07. The Labute approximate surface area is 149 Å². The molecule has 0 fully saturated rings. The number of rotatable bonds is 5. The molecule has 130 valence electrons. The van der Waals surface area contributed by atoms with Gasteiger partial charge in [-0.1, -0.05) is 30.3 Å². The maximum absolute atomic E-state index is 12.5. The van der Waals surface area contributed by atoms with E-state index in [1.165, 1.54) is 6.33 Å². The van der Waals surface area contributed by atoms with Crippen molar-refractivity contribution in [2.24, 2.45) is 0 Å². The van der Waals surface area contributed by atoms with Gasteiger partial charge in [0.15, 0.2) is 5.65 Å². The second-order valence-electron chi connectivity index (χ2n) is 5.78. The first-order valence-electron chi connectivity index (χ1n) is 8.26. The average Bonchev–Trinajstić information content (AvgIpc) is 3.08. The first-order valence-corrected chi connectivity index (χ1v) is 8.26. The summed E-state index contributed by atoms with van der Waals surface area (Å²) in [5, 5.41) is 9.39. The molecule has 4 aromatic rings. The second kappa shape index (κ2) is 6.85. The van der Waals surface area contributed by atoms with Crippen molar-refractivity contribution >= 4 is 11.0 Å². The fourth-order valence-electron chi connectivity index (χ4n) is 2.97. The molecule has 0 aliphatic heterocycles. The Morgan fingerprint density at radius 2 is 1.85 bits per heavy atom. The van der Waals surface area contributed by atoms with Crippen LogP contribution in [-0.2, 0) is 0 Å². The molecule has 0 aliphatic carbocycles. The molecule has 0 amide bonds. The molecule has 4 rings (SSSR count). The lowest BCUT2D eigenvalue weighted by Gasteiger charge is -2.05. The topological polar surface area (TPSA) is 80.1 Å². The number of aliphatic hydroxyl groups is 1. The van der Waals surface area contributed by atoms with Crippen molar-refractivity contribution in [3.05, 3.63) is 77.5 Å². The molecule has 2 aromatic heterocycles. The van der Waals surface area contributed by atoms with Crippen LogP contribution >= 0.6 is 0 Å². The summed E-state index contributed by atoms with van der Waals surface area (Å²) < 4.78 is 7.31. The van der Waals surface area contributed by atoms with Gasteiger partial charge in [-0.2, -0.15) is 0 Å². The molecule has 26 heavy (non-hydrogen) atoms. The lowest BCUT2D eigenvalue weighted by atomic mass is 10.1. The first kappa shape index (κ1) is 16.1. The number of aromatic nitrogens is 3. The van der Waals surface area contributed by atoms with Crippen LogP contribution in [0.3, 0.4) is 0 Å². The van der Waals surface area contributed by atoms with Crippen molar-refractivity contribution in [2.45, 2.75) is 0 Å². The molecular weight excluding hydrogens is 330 g/mol. The Bertz CT molecular complexity index is 1080. The van der Waals surface area contributed by atoms with Gasteiger partial charge >= 0.3 is 0 Å². The van der Waals surface area contributed by atoms with Gasteiger partial charge in [-0.3, -0.25) is 4.79 Å². The second-order valence-corrected chi connectivity index (χ2v) is 5.78. The molecule has 0 saturated heterocycles. The van der Waals surface area contributed by atoms with Crippen LogP contribution in [0.25, 0.3) is 27.8 Å². The number of para-hydroxylation sites is 1. The standard InChI is InChI=1S/C20H17N3O3/c24-10-11-26-16-8-6-14(7-9-16)17-12-23(15-4-2-1-3-5-15)19-18(17)20(25)22-13-21-19/h1-9,12-13,24H,10-11H2,(H,21,22,25). The lowest BCUT2D eigenvalue weighted by molar-refractivity contribution is 0.201. The smallest absolute Gasteiger partial charge is 0.260 e. The Balaban J connectivity index is 1.86. The summed E-state index contributed by atoms with van der Waals surface area (Å²) in [5.41, 5.74) is 3.05. The zero-order valence-corrected chi connectivity index (χ0v) is 13.9. The SMILES string of the molecule is O=c1[nH]cnc2c1c(-c1ccc(OCCO)cc1)cn2-c1ccccc1. The van der Waals surface area contributed by atoms with E-state index in [1.807, 2.05) is 65.4 Å². The van der Waals surface area contributed by atoms with Gasteiger partial charge in [0.25, 0.3) is 5.56 Å². The first-order chi connectivity index (χ1) is 12.8. The van der Waals surface area contributed by atoms with Gasteiger partial charge in [0, 0.05) is 17.4 Å². The van der Waals surface area contributed by atoms with Crippen LogP contribution < -0.4 is 10.3 Å². The summed E-state index contributed by atoms with van der Waals surface area (Å²) in [7, 11) is 0. The molecular formula is C20H17N3O3. The minimum absolute atomic E-state index is 0.0344. The van der Waals surface area contributed by atoms with Crippen LogP contribution in [0.15, 0.2) is 71.9 Å². The van der Waals surface area contributed by atoms with Gasteiger partial charge in [-0.05, 0) is 29.8 Å². The highest BCUT2D eigenvalue weighted by molar-refractivity contribution is 5.94. The van der Waals surface area contributed by atoms with Gasteiger partial charge in [-0.25, -0.2) is 4.98 Å². The molecule has 6 heteroatoms. The van der Waals surface area contributed by atoms with E-state index < -0.39 is 0 Å². The van der Waals surface area contributed by atoms with E-state index in [2.05, 4.69) is 9.97 Å². The van der Waals surface area contributed by atoms with Gasteiger partial charge < -0.3 is 19.4 Å². The highest BCUT2D eigenvalue weighted by Crippen LogP contribution is 2.30. The Kier molecular flexibility index (Phi) is 4.25. The van der Waals surface area contributed by atoms with E-state index in [0.717, 1.165) is 16.8 Å². The fraction of sp³-hybridized carbons (Fsp3) is 0.100. The van der Waals surface area contributed by atoms with Gasteiger partial charge in [0.05, 0.1) is 18.3 Å². The zero-order valence-electron chi connectivity index (χ0n) is 13.9. The number of ether oxygens (including phenoxy) is 1. The third-order valence-corrected chi connectivity index (χ3v) is 4.15. The van der Waals surface area contributed by atoms with E-state index >= 15 is 0 Å². The van der Waals surface area contributed by atoms with E-state index in [0.29, 0.717) is 16.8 Å². The molecule has 6 nitrogen and oxygen atoms in total. The molecule has 2 heterocycles. The maximum Gasteiger partial charge on any atom is 0.260 e. The number of nitrogens with one attached hydrogen (secondary N) is 1. The molecule has 0 saturated carbocycles. The minimum Gasteiger partial charge on any atom is -0.491 e. The summed E-state index contributed by atoms with van der Waals surface area (Å²) >= 11 is 0. The predicted octanol–water partition coefficient (Wildman–Crippen LogP) is 2.75. The monoisotopic (exact) mass is 347 g/mol. The number of fused-ring (bicyclic) bond motifs is 1. The quantitative estimate of drug-likeness (QED) is 0.582. The number of nitrogens with zero attached hydrogens (tertiary/aromatic N) is 2. The number of hydrogen-bond acceptors (Lipinski definition) is 4. The summed E-state index contributed by atoms with van der Waals surface area (Å²) in [6, 6.07) is 17.2. The van der Waals surface area contributed by atoms with E-state index in [9.17, 15) is 4.79 Å². The zero-order chi connectivity index (χ0) is 17.9. The molecule has 0 spiro atoms. The van der Waals surface area contributed by atoms with E-state index in [-0.39, 0.29) is 18.8 Å². The largest absolute Gasteiger partial charge is 0.491 e. The predicted molar refractivity (Wildman–Crippen MR) is 99.7 cm³/mol. The third-order valence-electron chi connectivity index (χ3n) is 4.15. The summed E-state index contributed by atoms with van der Waals surface area (Å²) in [5.74, 6) is 0.668. The molecule has 0 bridgehead atoms. The number of aliphatic hydroxyl groups excluding tert-OH is 1. The van der Waals surface area contributed by atoms with Crippen molar-refractivity contribution in [3.63, 3.8) is 0 Å². The van der Waals surface area contributed by atoms with Crippen LogP contribution in [-0.4, -0.2) is 32.9 Å². The van der Waals surface area contributed by atoms with E-state index in [4.69, 9.17) is 9.84 Å². The van der Waals surface area contributed by atoms with Gasteiger partial charge in [0.2, 0.25) is 0 Å². The van der Waals surface area contributed by atoms with Crippen molar-refractivity contribution in [1.82, 2.24) is 14.5 Å². The fourth-order valence-corrected chi connectivity index (χ4v) is 2.97. The summed E-state index contributed by atoms with van der Waals surface area (Å²) in [6.07, 6.45) is 3.34. The van der Waals surface area contributed by atoms with Crippen LogP contribution in [0.4, 0.5) is 0 Å². The number of benzene rings is 2. The van der Waals surface area contributed by atoms with Crippen LogP contribution in [0.1, 0.15) is 0 Å². The van der Waals surface area contributed by atoms with Gasteiger partial charge in [-0.15, -0.1) is 0 Å². The summed E-state index contributed by atoms with van der Waals surface area (Å²) in [4.78, 5) is 19.5. The van der Waals surface area contributed by atoms with Crippen LogP contribution in [0.2, 0.25) is 0 Å². The summed E-state index contributed by atoms with van der Waals surface area (Å²) in [6.45, 7) is 0.212. The van der Waals surface area contributed by atoms with Crippen LogP contribution in [0, 0.1) is 0 Å². The van der Waals surface area contributed by atoms with Gasteiger partial charge in [0.1, 0.15) is 12.4 Å². The Hall–Kier alpha value is -3.38. The number of H-pyrrole nitrogens is 1. The molecule has 0 atom stereocenters. The molecule has 2 N–H and O–H groups in total. The van der Waals surface area contributed by atoms with Crippen molar-refractivity contribution in [2.75, 3.05) is 13.2 Å². The highest BCUT2D eigenvalue weighted by Gasteiger charge is 2.15. The van der Waals surface area contributed by atoms with Crippen molar-refractivity contribution in [3.8, 4) is 22.6 Å². The Morgan fingerprint density at radius 3 is 2.58 bits per heavy atom. The third kappa shape index (κ3) is 2.87. The van der Waals surface area contributed by atoms with Crippen LogP contribution in [0.5, 0.6) is 5.75 Å². The van der Waals surface area contributed by atoms with Crippen molar-refractivity contribution < 1.29 is 9.84 Å². The van der Waals surface area contributed by atoms with Crippen molar-refractivity contribution in [1.29, 1.82) is 0 Å². The maximum atomic E-state index is 12.5. The number of aromatic amines is 1. The average molecular weight is 347 g/mol. The molecule has 0 aliphatic rings. The number of hydrogen-bond donors (Lipinski definition) is 2. The molecule has 0 unspecified atom stereocenters. The Morgan fingerprint density at radius 1 is 1.08 bits per heavy atom. The van der Waals surface area contributed by atoms with E-state index in [1.54, 1.807) is 0 Å². The molecule has 2 aromatic carbocycles. The minimum atomic E-state index is -0.180.